The Morgan fingerprint density at radius 3 is 2.07 bits per heavy atom. The minimum Gasteiger partial charge on any atom is -0.229 e. The van der Waals surface area contributed by atoms with Crippen LogP contribution in [0.4, 0.5) is 0 Å². The molecular formula is C11H17NO2S. The third kappa shape index (κ3) is 3.64. The predicted molar refractivity (Wildman–Crippen MR) is 62.2 cm³/mol. The van der Waals surface area contributed by atoms with E-state index in [1.54, 1.807) is 0 Å². The van der Waals surface area contributed by atoms with Crippen molar-refractivity contribution < 1.29 is 8.42 Å². The van der Waals surface area contributed by atoms with Crippen LogP contribution in [0.1, 0.15) is 25.0 Å². The fraction of sp³-hybridized carbons (Fsp3) is 0.455. The normalized spacial score (nSPS) is 12.8. The Bertz CT molecular complexity index is 432. The minimum absolute atomic E-state index is 0.0386. The van der Waals surface area contributed by atoms with Gasteiger partial charge in [-0.1, -0.05) is 43.7 Å². The van der Waals surface area contributed by atoms with Gasteiger partial charge in [-0.25, -0.2) is 13.6 Å². The summed E-state index contributed by atoms with van der Waals surface area (Å²) < 4.78 is 22.1. The van der Waals surface area contributed by atoms with Crippen LogP contribution < -0.4 is 5.14 Å². The molecule has 1 aromatic rings. The summed E-state index contributed by atoms with van der Waals surface area (Å²) in [5.41, 5.74) is 1.70. The molecule has 0 saturated carbocycles. The van der Waals surface area contributed by atoms with E-state index >= 15 is 0 Å². The van der Waals surface area contributed by atoms with Crippen LogP contribution in [0.2, 0.25) is 0 Å². The average Bonchev–Trinajstić information content (AvgIpc) is 2.00. The number of benzene rings is 1. The van der Waals surface area contributed by atoms with Gasteiger partial charge in [-0.2, -0.15) is 0 Å². The van der Waals surface area contributed by atoms with E-state index in [0.29, 0.717) is 0 Å². The summed E-state index contributed by atoms with van der Waals surface area (Å²) >= 11 is 0. The molecule has 0 aliphatic carbocycles. The Kier molecular flexibility index (Phi) is 3.21. The molecule has 0 aromatic heterocycles. The topological polar surface area (TPSA) is 60.2 Å². The van der Waals surface area contributed by atoms with E-state index in [4.69, 9.17) is 5.14 Å². The standard InChI is InChI=1S/C11H17NO2S/c1-9-4-6-10(7-5-9)11(2,3)8-15(12,13)14/h4-7H,8H2,1-3H3,(H2,12,13,14). The highest BCUT2D eigenvalue weighted by atomic mass is 32.2. The third-order valence-corrected chi connectivity index (χ3v) is 3.52. The zero-order valence-corrected chi connectivity index (χ0v) is 10.1. The molecule has 0 spiro atoms. The van der Waals surface area contributed by atoms with Crippen molar-refractivity contribution >= 4 is 10.0 Å². The number of sulfonamides is 1. The summed E-state index contributed by atoms with van der Waals surface area (Å²) in [6.07, 6.45) is 0. The monoisotopic (exact) mass is 227 g/mol. The molecule has 0 bridgehead atoms. The summed E-state index contributed by atoms with van der Waals surface area (Å²) in [4.78, 5) is 0. The molecule has 15 heavy (non-hydrogen) atoms. The van der Waals surface area contributed by atoms with Gasteiger partial charge in [-0.3, -0.25) is 0 Å². The van der Waals surface area contributed by atoms with E-state index in [9.17, 15) is 8.42 Å². The fourth-order valence-corrected chi connectivity index (χ4v) is 2.76. The largest absolute Gasteiger partial charge is 0.229 e. The molecule has 0 heterocycles. The number of aryl methyl sites for hydroxylation is 1. The number of hydrogen-bond acceptors (Lipinski definition) is 2. The molecule has 0 unspecified atom stereocenters. The van der Waals surface area contributed by atoms with Crippen molar-refractivity contribution in [2.24, 2.45) is 5.14 Å². The van der Waals surface area contributed by atoms with Gasteiger partial charge in [0.25, 0.3) is 0 Å². The van der Waals surface area contributed by atoms with E-state index < -0.39 is 15.4 Å². The van der Waals surface area contributed by atoms with Crippen molar-refractivity contribution in [1.82, 2.24) is 0 Å². The van der Waals surface area contributed by atoms with Crippen LogP contribution in [-0.4, -0.2) is 14.2 Å². The highest BCUT2D eigenvalue weighted by molar-refractivity contribution is 7.89. The van der Waals surface area contributed by atoms with E-state index in [1.807, 2.05) is 45.0 Å². The Labute approximate surface area is 91.4 Å². The molecule has 4 heteroatoms. The molecule has 84 valence electrons. The van der Waals surface area contributed by atoms with Gasteiger partial charge in [-0.05, 0) is 12.5 Å². The molecule has 0 fully saturated rings. The SMILES string of the molecule is Cc1ccc(C(C)(C)CS(N)(=O)=O)cc1. The molecule has 0 aliphatic rings. The lowest BCUT2D eigenvalue weighted by atomic mass is 9.86. The fourth-order valence-electron chi connectivity index (χ4n) is 1.59. The van der Waals surface area contributed by atoms with Gasteiger partial charge in [0.15, 0.2) is 0 Å². The third-order valence-electron chi connectivity index (χ3n) is 2.40. The maximum atomic E-state index is 11.1. The molecular weight excluding hydrogens is 210 g/mol. The molecule has 0 amide bonds. The van der Waals surface area contributed by atoms with Gasteiger partial charge in [0.05, 0.1) is 5.75 Å². The second-order valence-corrected chi connectivity index (χ2v) is 6.17. The smallest absolute Gasteiger partial charge is 0.209 e. The van der Waals surface area contributed by atoms with E-state index in [0.717, 1.165) is 11.1 Å². The van der Waals surface area contributed by atoms with Crippen molar-refractivity contribution in [2.75, 3.05) is 5.75 Å². The van der Waals surface area contributed by atoms with Gasteiger partial charge >= 0.3 is 0 Å². The summed E-state index contributed by atoms with van der Waals surface area (Å²) in [6, 6.07) is 7.83. The first kappa shape index (κ1) is 12.2. The van der Waals surface area contributed by atoms with Crippen LogP contribution in [-0.2, 0) is 15.4 Å². The highest BCUT2D eigenvalue weighted by Crippen LogP contribution is 2.24. The van der Waals surface area contributed by atoms with E-state index in [1.165, 1.54) is 0 Å². The van der Waals surface area contributed by atoms with E-state index in [-0.39, 0.29) is 5.75 Å². The van der Waals surface area contributed by atoms with Crippen LogP contribution in [0.15, 0.2) is 24.3 Å². The summed E-state index contributed by atoms with van der Waals surface area (Å²) in [5.74, 6) is -0.0386. The Hall–Kier alpha value is -0.870. The highest BCUT2D eigenvalue weighted by Gasteiger charge is 2.25. The zero-order valence-electron chi connectivity index (χ0n) is 9.32. The van der Waals surface area contributed by atoms with Crippen molar-refractivity contribution in [2.45, 2.75) is 26.2 Å². The van der Waals surface area contributed by atoms with Crippen LogP contribution in [0.5, 0.6) is 0 Å². The number of rotatable bonds is 3. The Morgan fingerprint density at radius 1 is 1.20 bits per heavy atom. The van der Waals surface area contributed by atoms with Crippen molar-refractivity contribution in [3.05, 3.63) is 35.4 Å². The van der Waals surface area contributed by atoms with Gasteiger partial charge < -0.3 is 0 Å². The second-order valence-electron chi connectivity index (χ2n) is 4.56. The summed E-state index contributed by atoms with van der Waals surface area (Å²) in [5, 5.41) is 5.06. The first-order valence-corrected chi connectivity index (χ1v) is 6.50. The predicted octanol–water partition coefficient (Wildman–Crippen LogP) is 1.56. The Balaban J connectivity index is 3.00. The maximum Gasteiger partial charge on any atom is 0.209 e. The molecule has 0 saturated heterocycles. The molecule has 2 N–H and O–H groups in total. The molecule has 1 rings (SSSR count). The lowest BCUT2D eigenvalue weighted by Gasteiger charge is -2.23. The van der Waals surface area contributed by atoms with E-state index in [2.05, 4.69) is 0 Å². The van der Waals surface area contributed by atoms with Crippen LogP contribution in [0.3, 0.4) is 0 Å². The summed E-state index contributed by atoms with van der Waals surface area (Å²) in [6.45, 7) is 5.75. The number of hydrogen-bond donors (Lipinski definition) is 1. The number of primary sulfonamides is 1. The van der Waals surface area contributed by atoms with Crippen molar-refractivity contribution in [3.63, 3.8) is 0 Å². The van der Waals surface area contributed by atoms with Crippen molar-refractivity contribution in [3.8, 4) is 0 Å². The minimum atomic E-state index is -3.44. The average molecular weight is 227 g/mol. The first-order chi connectivity index (χ1) is 6.71. The lowest BCUT2D eigenvalue weighted by molar-refractivity contribution is 0.549. The molecule has 3 nitrogen and oxygen atoms in total. The Morgan fingerprint density at radius 2 is 1.67 bits per heavy atom. The molecule has 0 aliphatic heterocycles. The first-order valence-electron chi connectivity index (χ1n) is 4.78. The molecule has 1 aromatic carbocycles. The number of nitrogens with two attached hydrogens (primary N) is 1. The van der Waals surface area contributed by atoms with Crippen LogP contribution >= 0.6 is 0 Å². The van der Waals surface area contributed by atoms with Gasteiger partial charge in [0.1, 0.15) is 0 Å². The molecule has 0 atom stereocenters. The van der Waals surface area contributed by atoms with Crippen molar-refractivity contribution in [1.29, 1.82) is 0 Å². The van der Waals surface area contributed by atoms with Gasteiger partial charge in [0.2, 0.25) is 10.0 Å². The van der Waals surface area contributed by atoms with Gasteiger partial charge in [0, 0.05) is 5.41 Å². The van der Waals surface area contributed by atoms with Crippen LogP contribution in [0.25, 0.3) is 0 Å². The lowest BCUT2D eigenvalue weighted by Crippen LogP contribution is -2.32. The van der Waals surface area contributed by atoms with Crippen LogP contribution in [0, 0.1) is 6.92 Å². The molecule has 0 radical (unpaired) electrons. The summed E-state index contributed by atoms with van der Waals surface area (Å²) in [7, 11) is -3.44. The maximum absolute atomic E-state index is 11.1. The second kappa shape index (κ2) is 3.94. The quantitative estimate of drug-likeness (QED) is 0.852. The van der Waals surface area contributed by atoms with Gasteiger partial charge in [-0.15, -0.1) is 0 Å². The zero-order chi connectivity index (χ0) is 11.7.